The molecule has 0 fully saturated rings. The fourth-order valence-electron chi connectivity index (χ4n) is 1.31. The second kappa shape index (κ2) is 4.92. The summed E-state index contributed by atoms with van der Waals surface area (Å²) >= 11 is 5.96. The number of hydrogen-bond donors (Lipinski definition) is 1. The Kier molecular flexibility index (Phi) is 3.98. The molecular weight excluding hydrogens is 238 g/mol. The molecule has 0 radical (unpaired) electrons. The molecule has 0 saturated carbocycles. The van der Waals surface area contributed by atoms with Gasteiger partial charge in [-0.3, -0.25) is 4.79 Å². The van der Waals surface area contributed by atoms with Crippen LogP contribution in [0.1, 0.15) is 37.6 Å². The van der Waals surface area contributed by atoms with Gasteiger partial charge >= 0.3 is 0 Å². The summed E-state index contributed by atoms with van der Waals surface area (Å²) in [5, 5.41) is 0.322. The van der Waals surface area contributed by atoms with Crippen LogP contribution in [-0.4, -0.2) is 28.4 Å². The van der Waals surface area contributed by atoms with Crippen molar-refractivity contribution in [1.29, 1.82) is 0 Å². The molecule has 0 bridgehead atoms. The summed E-state index contributed by atoms with van der Waals surface area (Å²) in [5.41, 5.74) is 5.73. The van der Waals surface area contributed by atoms with Gasteiger partial charge in [0.1, 0.15) is 5.82 Å². The van der Waals surface area contributed by atoms with E-state index in [4.69, 9.17) is 17.3 Å². The number of nitrogens with two attached hydrogens (primary N) is 1. The largest absolute Gasteiger partial charge is 0.384 e. The van der Waals surface area contributed by atoms with Gasteiger partial charge in [0.25, 0.3) is 5.91 Å². The number of nitrogens with zero attached hydrogens (tertiary/aromatic N) is 2. The van der Waals surface area contributed by atoms with Gasteiger partial charge in [-0.2, -0.15) is 0 Å². The van der Waals surface area contributed by atoms with Crippen LogP contribution >= 0.6 is 11.6 Å². The van der Waals surface area contributed by atoms with E-state index in [0.717, 1.165) is 6.42 Å². The molecule has 17 heavy (non-hydrogen) atoms. The maximum Gasteiger partial charge on any atom is 0.255 e. The van der Waals surface area contributed by atoms with Crippen LogP contribution in [0.25, 0.3) is 0 Å². The third-order valence-electron chi connectivity index (χ3n) is 3.18. The summed E-state index contributed by atoms with van der Waals surface area (Å²) in [7, 11) is 1.76. The van der Waals surface area contributed by atoms with Crippen LogP contribution in [0.15, 0.2) is 12.3 Å². The van der Waals surface area contributed by atoms with E-state index in [1.54, 1.807) is 11.9 Å². The molecule has 2 N–H and O–H groups in total. The first kappa shape index (κ1) is 13.8. The van der Waals surface area contributed by atoms with E-state index in [2.05, 4.69) is 4.98 Å². The summed E-state index contributed by atoms with van der Waals surface area (Å²) in [5.74, 6) is 0.149. The van der Waals surface area contributed by atoms with Gasteiger partial charge < -0.3 is 10.6 Å². The van der Waals surface area contributed by atoms with Crippen molar-refractivity contribution in [1.82, 2.24) is 9.88 Å². The summed E-state index contributed by atoms with van der Waals surface area (Å²) in [6.45, 7) is 6.04. The maximum atomic E-state index is 12.3. The molecule has 1 heterocycles. The molecule has 0 atom stereocenters. The number of pyridine rings is 1. The van der Waals surface area contributed by atoms with Crippen LogP contribution in [0, 0.1) is 0 Å². The number of rotatable bonds is 3. The second-order valence-electron chi connectivity index (χ2n) is 4.62. The van der Waals surface area contributed by atoms with Gasteiger partial charge in [0.2, 0.25) is 0 Å². The second-order valence-corrected chi connectivity index (χ2v) is 5.03. The van der Waals surface area contributed by atoms with Gasteiger partial charge in [0.05, 0.1) is 10.6 Å². The lowest BCUT2D eigenvalue weighted by Gasteiger charge is -2.35. The molecule has 0 saturated heterocycles. The van der Waals surface area contributed by atoms with Crippen molar-refractivity contribution >= 4 is 23.3 Å². The SMILES string of the molecule is CCC(C)(C)N(C)C(=O)c1cc(N)ncc1Cl. The summed E-state index contributed by atoms with van der Waals surface area (Å²) < 4.78 is 0. The standard InChI is InChI=1S/C12H18ClN3O/c1-5-12(2,3)16(4)11(17)8-6-10(14)15-7-9(8)13/h6-7H,5H2,1-4H3,(H2,14,15). The number of amides is 1. The molecule has 4 nitrogen and oxygen atoms in total. The Bertz CT molecular complexity index is 432. The summed E-state index contributed by atoms with van der Waals surface area (Å²) in [6.07, 6.45) is 2.25. The van der Waals surface area contributed by atoms with E-state index in [1.807, 2.05) is 20.8 Å². The first-order chi connectivity index (χ1) is 7.79. The van der Waals surface area contributed by atoms with E-state index >= 15 is 0 Å². The minimum atomic E-state index is -0.224. The Morgan fingerprint density at radius 2 is 2.18 bits per heavy atom. The van der Waals surface area contributed by atoms with E-state index in [1.165, 1.54) is 12.3 Å². The lowest BCUT2D eigenvalue weighted by molar-refractivity contribution is 0.0620. The first-order valence-corrected chi connectivity index (χ1v) is 5.86. The normalized spacial score (nSPS) is 11.4. The van der Waals surface area contributed by atoms with Crippen molar-refractivity contribution in [2.45, 2.75) is 32.7 Å². The molecule has 0 aliphatic heterocycles. The molecule has 1 aromatic rings. The number of halogens is 1. The fraction of sp³-hybridized carbons (Fsp3) is 0.500. The zero-order chi connectivity index (χ0) is 13.2. The van der Waals surface area contributed by atoms with Crippen molar-refractivity contribution in [3.63, 3.8) is 0 Å². The number of anilines is 1. The smallest absolute Gasteiger partial charge is 0.255 e. The predicted octanol–water partition coefficient (Wildman–Crippen LogP) is 2.58. The highest BCUT2D eigenvalue weighted by atomic mass is 35.5. The van der Waals surface area contributed by atoms with Crippen molar-refractivity contribution in [2.75, 3.05) is 12.8 Å². The average Bonchev–Trinajstić information content (AvgIpc) is 2.30. The van der Waals surface area contributed by atoms with Gasteiger partial charge in [-0.15, -0.1) is 0 Å². The molecule has 1 rings (SSSR count). The van der Waals surface area contributed by atoms with Crippen molar-refractivity contribution in [3.05, 3.63) is 22.8 Å². The molecule has 1 aromatic heterocycles. The topological polar surface area (TPSA) is 59.2 Å². The highest BCUT2D eigenvalue weighted by Crippen LogP contribution is 2.23. The van der Waals surface area contributed by atoms with Crippen LogP contribution in [0.4, 0.5) is 5.82 Å². The van der Waals surface area contributed by atoms with Gasteiger partial charge in [0, 0.05) is 18.8 Å². The van der Waals surface area contributed by atoms with E-state index in [0.29, 0.717) is 16.4 Å². The minimum absolute atomic E-state index is 0.143. The molecule has 94 valence electrons. The lowest BCUT2D eigenvalue weighted by Crippen LogP contribution is -2.44. The third kappa shape index (κ3) is 2.88. The molecule has 0 aliphatic carbocycles. The van der Waals surface area contributed by atoms with Crippen LogP contribution in [-0.2, 0) is 0 Å². The molecule has 0 aliphatic rings. The van der Waals surface area contributed by atoms with Crippen molar-refractivity contribution in [2.24, 2.45) is 0 Å². The Labute approximate surface area is 107 Å². The average molecular weight is 256 g/mol. The Balaban J connectivity index is 3.08. The molecule has 1 amide bonds. The summed E-state index contributed by atoms with van der Waals surface area (Å²) in [4.78, 5) is 17.8. The van der Waals surface area contributed by atoms with Gasteiger partial charge in [0.15, 0.2) is 0 Å². The quantitative estimate of drug-likeness (QED) is 0.903. The van der Waals surface area contributed by atoms with Crippen LogP contribution in [0.5, 0.6) is 0 Å². The third-order valence-corrected chi connectivity index (χ3v) is 3.49. The molecule has 0 spiro atoms. The van der Waals surface area contributed by atoms with Crippen LogP contribution in [0.2, 0.25) is 5.02 Å². The van der Waals surface area contributed by atoms with Gasteiger partial charge in [-0.05, 0) is 26.3 Å². The van der Waals surface area contributed by atoms with E-state index in [9.17, 15) is 4.79 Å². The van der Waals surface area contributed by atoms with E-state index in [-0.39, 0.29) is 11.4 Å². The van der Waals surface area contributed by atoms with Gasteiger partial charge in [-0.1, -0.05) is 18.5 Å². The number of aromatic nitrogens is 1. The molecule has 5 heteroatoms. The maximum absolute atomic E-state index is 12.3. The highest BCUT2D eigenvalue weighted by Gasteiger charge is 2.27. The van der Waals surface area contributed by atoms with Crippen LogP contribution in [0.3, 0.4) is 0 Å². The number of nitrogen functional groups attached to an aromatic ring is 1. The zero-order valence-electron chi connectivity index (χ0n) is 10.6. The number of carbonyl (C=O) groups excluding carboxylic acids is 1. The summed E-state index contributed by atoms with van der Waals surface area (Å²) in [6, 6.07) is 1.51. The first-order valence-electron chi connectivity index (χ1n) is 5.48. The van der Waals surface area contributed by atoms with Crippen LogP contribution < -0.4 is 5.73 Å². The molecule has 0 unspecified atom stereocenters. The number of hydrogen-bond acceptors (Lipinski definition) is 3. The van der Waals surface area contributed by atoms with E-state index < -0.39 is 0 Å². The minimum Gasteiger partial charge on any atom is -0.384 e. The monoisotopic (exact) mass is 255 g/mol. The lowest BCUT2D eigenvalue weighted by atomic mass is 9.99. The zero-order valence-corrected chi connectivity index (χ0v) is 11.4. The fourth-order valence-corrected chi connectivity index (χ4v) is 1.50. The van der Waals surface area contributed by atoms with Gasteiger partial charge in [-0.25, -0.2) is 4.98 Å². The highest BCUT2D eigenvalue weighted by molar-refractivity contribution is 6.33. The van der Waals surface area contributed by atoms with Crippen molar-refractivity contribution in [3.8, 4) is 0 Å². The van der Waals surface area contributed by atoms with Crippen molar-refractivity contribution < 1.29 is 4.79 Å². The molecule has 0 aromatic carbocycles. The molecular formula is C12H18ClN3O. The predicted molar refractivity (Wildman–Crippen MR) is 70.1 cm³/mol. The Hall–Kier alpha value is -1.29. The number of carbonyl (C=O) groups is 1. The Morgan fingerprint density at radius 3 is 2.71 bits per heavy atom. The Morgan fingerprint density at radius 1 is 1.59 bits per heavy atom.